The SMILES string of the molecule is CCC(C)C(=O)NC(C(N)=NO)C1CC1. The van der Waals surface area contributed by atoms with Crippen LogP contribution in [0.4, 0.5) is 0 Å². The van der Waals surface area contributed by atoms with Crippen LogP contribution in [0, 0.1) is 11.8 Å². The zero-order valence-electron chi connectivity index (χ0n) is 9.23. The van der Waals surface area contributed by atoms with Gasteiger partial charge in [0.05, 0.1) is 6.04 Å². The van der Waals surface area contributed by atoms with Gasteiger partial charge in [0.15, 0.2) is 5.84 Å². The van der Waals surface area contributed by atoms with Crippen LogP contribution >= 0.6 is 0 Å². The molecule has 0 bridgehead atoms. The van der Waals surface area contributed by atoms with Crippen LogP contribution in [-0.4, -0.2) is 23.0 Å². The summed E-state index contributed by atoms with van der Waals surface area (Å²) in [6.07, 6.45) is 2.85. The van der Waals surface area contributed by atoms with Crippen molar-refractivity contribution in [1.29, 1.82) is 0 Å². The van der Waals surface area contributed by atoms with Gasteiger partial charge in [0.25, 0.3) is 0 Å². The van der Waals surface area contributed by atoms with Crippen LogP contribution in [0.25, 0.3) is 0 Å². The summed E-state index contributed by atoms with van der Waals surface area (Å²) in [5, 5.41) is 14.4. The van der Waals surface area contributed by atoms with Gasteiger partial charge in [0.2, 0.25) is 5.91 Å². The number of amidine groups is 1. The molecule has 0 spiro atoms. The van der Waals surface area contributed by atoms with E-state index >= 15 is 0 Å². The first-order valence-electron chi connectivity index (χ1n) is 5.37. The Labute approximate surface area is 89.7 Å². The highest BCUT2D eigenvalue weighted by atomic mass is 16.4. The molecule has 1 rings (SSSR count). The van der Waals surface area contributed by atoms with E-state index in [1.165, 1.54) is 0 Å². The van der Waals surface area contributed by atoms with E-state index in [4.69, 9.17) is 10.9 Å². The summed E-state index contributed by atoms with van der Waals surface area (Å²) in [7, 11) is 0. The summed E-state index contributed by atoms with van der Waals surface area (Å²) in [6.45, 7) is 3.82. The average molecular weight is 213 g/mol. The van der Waals surface area contributed by atoms with Crippen molar-refractivity contribution in [3.63, 3.8) is 0 Å². The van der Waals surface area contributed by atoms with E-state index in [1.54, 1.807) is 0 Å². The van der Waals surface area contributed by atoms with E-state index in [0.29, 0.717) is 5.92 Å². The van der Waals surface area contributed by atoms with Crippen molar-refractivity contribution >= 4 is 11.7 Å². The quantitative estimate of drug-likeness (QED) is 0.271. The minimum absolute atomic E-state index is 0.0269. The van der Waals surface area contributed by atoms with Gasteiger partial charge in [0.1, 0.15) is 0 Å². The molecule has 86 valence electrons. The van der Waals surface area contributed by atoms with Crippen molar-refractivity contribution in [3.8, 4) is 0 Å². The van der Waals surface area contributed by atoms with Crippen LogP contribution in [0.15, 0.2) is 5.16 Å². The van der Waals surface area contributed by atoms with Crippen LogP contribution in [-0.2, 0) is 4.79 Å². The molecule has 2 unspecified atom stereocenters. The standard InChI is InChI=1S/C10H19N3O2/c1-3-6(2)10(14)12-8(7-4-5-7)9(11)13-15/h6-8,15H,3-5H2,1-2H3,(H2,11,13)(H,12,14). The molecule has 1 aliphatic carbocycles. The third-order valence-electron chi connectivity index (χ3n) is 2.89. The van der Waals surface area contributed by atoms with Crippen LogP contribution in [0.5, 0.6) is 0 Å². The topological polar surface area (TPSA) is 87.7 Å². The fraction of sp³-hybridized carbons (Fsp3) is 0.800. The molecule has 1 aliphatic rings. The molecule has 2 atom stereocenters. The van der Waals surface area contributed by atoms with E-state index in [9.17, 15) is 4.79 Å². The van der Waals surface area contributed by atoms with Crippen LogP contribution < -0.4 is 11.1 Å². The van der Waals surface area contributed by atoms with Gasteiger partial charge in [-0.15, -0.1) is 0 Å². The Morgan fingerprint density at radius 3 is 2.67 bits per heavy atom. The molecule has 0 saturated heterocycles. The van der Waals surface area contributed by atoms with Gasteiger partial charge in [-0.1, -0.05) is 19.0 Å². The summed E-state index contributed by atoms with van der Waals surface area (Å²) >= 11 is 0. The first-order valence-corrected chi connectivity index (χ1v) is 5.37. The minimum Gasteiger partial charge on any atom is -0.409 e. The summed E-state index contributed by atoms with van der Waals surface area (Å²) in [5.74, 6) is 0.391. The van der Waals surface area contributed by atoms with E-state index in [1.807, 2.05) is 13.8 Å². The third-order valence-corrected chi connectivity index (χ3v) is 2.89. The number of carbonyl (C=O) groups excluding carboxylic acids is 1. The molecule has 4 N–H and O–H groups in total. The van der Waals surface area contributed by atoms with Crippen molar-refractivity contribution < 1.29 is 10.0 Å². The van der Waals surface area contributed by atoms with Gasteiger partial charge < -0.3 is 16.3 Å². The second-order valence-electron chi connectivity index (χ2n) is 4.16. The van der Waals surface area contributed by atoms with Gasteiger partial charge in [-0.05, 0) is 25.2 Å². The number of rotatable bonds is 5. The Balaban J connectivity index is 2.55. The highest BCUT2D eigenvalue weighted by Crippen LogP contribution is 2.32. The number of oxime groups is 1. The number of nitrogens with one attached hydrogen (secondary N) is 1. The Kier molecular flexibility index (Phi) is 3.94. The Morgan fingerprint density at radius 2 is 2.27 bits per heavy atom. The van der Waals surface area contributed by atoms with Crippen LogP contribution in [0.2, 0.25) is 0 Å². The normalized spacial score (nSPS) is 20.8. The highest BCUT2D eigenvalue weighted by molar-refractivity contribution is 5.91. The minimum atomic E-state index is -0.295. The Hall–Kier alpha value is -1.26. The van der Waals surface area contributed by atoms with Gasteiger partial charge in [-0.3, -0.25) is 4.79 Å². The fourth-order valence-corrected chi connectivity index (χ4v) is 1.41. The van der Waals surface area contributed by atoms with Crippen molar-refractivity contribution in [2.75, 3.05) is 0 Å². The number of nitrogens with two attached hydrogens (primary N) is 1. The number of amides is 1. The smallest absolute Gasteiger partial charge is 0.223 e. The molecule has 0 aromatic carbocycles. The second-order valence-corrected chi connectivity index (χ2v) is 4.16. The molecule has 0 aromatic rings. The summed E-state index contributed by atoms with van der Waals surface area (Å²) < 4.78 is 0. The zero-order chi connectivity index (χ0) is 11.4. The molecular formula is C10H19N3O2. The molecule has 0 aromatic heterocycles. The molecule has 0 heterocycles. The Bertz CT molecular complexity index is 261. The largest absolute Gasteiger partial charge is 0.409 e. The molecular weight excluding hydrogens is 194 g/mol. The molecule has 15 heavy (non-hydrogen) atoms. The monoisotopic (exact) mass is 213 g/mol. The van der Waals surface area contributed by atoms with Crippen molar-refractivity contribution in [3.05, 3.63) is 0 Å². The maximum atomic E-state index is 11.6. The first-order chi connectivity index (χ1) is 7.10. The fourth-order valence-electron chi connectivity index (χ4n) is 1.41. The van der Waals surface area contributed by atoms with Crippen LogP contribution in [0.1, 0.15) is 33.1 Å². The molecule has 0 radical (unpaired) electrons. The lowest BCUT2D eigenvalue weighted by molar-refractivity contribution is -0.125. The molecule has 5 nitrogen and oxygen atoms in total. The van der Waals surface area contributed by atoms with Crippen molar-refractivity contribution in [1.82, 2.24) is 5.32 Å². The van der Waals surface area contributed by atoms with Crippen molar-refractivity contribution in [2.24, 2.45) is 22.7 Å². The van der Waals surface area contributed by atoms with Gasteiger partial charge in [-0.2, -0.15) is 0 Å². The number of carbonyl (C=O) groups is 1. The third kappa shape index (κ3) is 3.11. The second kappa shape index (κ2) is 5.00. The maximum Gasteiger partial charge on any atom is 0.223 e. The molecule has 1 saturated carbocycles. The van der Waals surface area contributed by atoms with Gasteiger partial charge in [-0.25, -0.2) is 0 Å². The predicted molar refractivity (Wildman–Crippen MR) is 57.5 cm³/mol. The molecule has 0 aliphatic heterocycles. The number of nitrogens with zero attached hydrogens (tertiary/aromatic N) is 1. The van der Waals surface area contributed by atoms with E-state index in [2.05, 4.69) is 10.5 Å². The van der Waals surface area contributed by atoms with Gasteiger partial charge in [0, 0.05) is 5.92 Å². The lowest BCUT2D eigenvalue weighted by Gasteiger charge is -2.18. The lowest BCUT2D eigenvalue weighted by Crippen LogP contribution is -2.47. The Morgan fingerprint density at radius 1 is 1.67 bits per heavy atom. The predicted octanol–water partition coefficient (Wildman–Crippen LogP) is 0.674. The van der Waals surface area contributed by atoms with E-state index in [0.717, 1.165) is 19.3 Å². The number of hydrogen-bond acceptors (Lipinski definition) is 3. The zero-order valence-corrected chi connectivity index (χ0v) is 9.23. The maximum absolute atomic E-state index is 11.6. The summed E-state index contributed by atoms with van der Waals surface area (Å²) in [4.78, 5) is 11.6. The molecule has 5 heteroatoms. The molecule has 1 amide bonds. The van der Waals surface area contributed by atoms with Crippen molar-refractivity contribution in [2.45, 2.75) is 39.2 Å². The number of hydrogen-bond donors (Lipinski definition) is 3. The highest BCUT2D eigenvalue weighted by Gasteiger charge is 2.35. The first kappa shape index (κ1) is 11.8. The lowest BCUT2D eigenvalue weighted by atomic mass is 10.1. The van der Waals surface area contributed by atoms with Crippen LogP contribution in [0.3, 0.4) is 0 Å². The summed E-state index contributed by atoms with van der Waals surface area (Å²) in [6, 6.07) is -0.295. The van der Waals surface area contributed by atoms with Gasteiger partial charge >= 0.3 is 0 Å². The summed E-state index contributed by atoms with van der Waals surface area (Å²) in [5.41, 5.74) is 5.53. The molecule has 1 fully saturated rings. The van der Waals surface area contributed by atoms with E-state index in [-0.39, 0.29) is 23.7 Å². The van der Waals surface area contributed by atoms with E-state index < -0.39 is 0 Å². The average Bonchev–Trinajstić information content (AvgIpc) is 3.07.